The fourth-order valence-corrected chi connectivity index (χ4v) is 2.10. The second-order valence-electron chi connectivity index (χ2n) is 4.91. The van der Waals surface area contributed by atoms with Crippen LogP contribution in [0.3, 0.4) is 0 Å². The minimum atomic E-state index is -0.368. The third-order valence-corrected chi connectivity index (χ3v) is 3.36. The van der Waals surface area contributed by atoms with Gasteiger partial charge in [-0.25, -0.2) is 9.37 Å². The number of amides is 1. The number of ether oxygens (including phenoxy) is 1. The number of halogens is 2. The molecule has 0 aliphatic heterocycles. The number of carbonyl (C=O) groups excluding carboxylic acids is 1. The Bertz CT molecular complexity index is 852. The van der Waals surface area contributed by atoms with E-state index >= 15 is 0 Å². The molecule has 0 unspecified atom stereocenters. The van der Waals surface area contributed by atoms with Crippen LogP contribution in [-0.4, -0.2) is 10.9 Å². The minimum Gasteiger partial charge on any atom is -0.457 e. The van der Waals surface area contributed by atoms with E-state index in [-0.39, 0.29) is 11.7 Å². The lowest BCUT2D eigenvalue weighted by Crippen LogP contribution is -2.11. The third kappa shape index (κ3) is 4.08. The van der Waals surface area contributed by atoms with E-state index in [9.17, 15) is 9.18 Å². The molecule has 1 N–H and O–H groups in total. The molecule has 2 aromatic carbocycles. The summed E-state index contributed by atoms with van der Waals surface area (Å²) in [5, 5.41) is 3.06. The minimum absolute atomic E-state index is 0.294. The smallest absolute Gasteiger partial charge is 0.257 e. The average Bonchev–Trinajstić information content (AvgIpc) is 2.57. The Morgan fingerprint density at radius 2 is 1.83 bits per heavy atom. The number of hydrogen-bond donors (Lipinski definition) is 1. The molecular weight excluding hydrogens is 331 g/mol. The summed E-state index contributed by atoms with van der Waals surface area (Å²) in [6.45, 7) is 0. The molecular formula is C18H12ClFN2O2. The molecule has 0 fully saturated rings. The molecule has 120 valence electrons. The zero-order valence-electron chi connectivity index (χ0n) is 12.4. The molecule has 6 heteroatoms. The Labute approximate surface area is 142 Å². The van der Waals surface area contributed by atoms with Gasteiger partial charge in [0.2, 0.25) is 0 Å². The first-order chi connectivity index (χ1) is 11.6. The van der Waals surface area contributed by atoms with Crippen LogP contribution in [0.2, 0.25) is 5.15 Å². The normalized spacial score (nSPS) is 10.2. The SMILES string of the molecule is O=C(Nc1ccc(Oc2cccc(F)c2)cc1)c1ccc(Cl)nc1. The van der Waals surface area contributed by atoms with Crippen molar-refractivity contribution >= 4 is 23.2 Å². The van der Waals surface area contributed by atoms with Gasteiger partial charge in [-0.2, -0.15) is 0 Å². The van der Waals surface area contributed by atoms with Crippen molar-refractivity contribution in [3.63, 3.8) is 0 Å². The van der Waals surface area contributed by atoms with Crippen molar-refractivity contribution in [2.45, 2.75) is 0 Å². The van der Waals surface area contributed by atoms with Gasteiger partial charge in [-0.1, -0.05) is 17.7 Å². The average molecular weight is 343 g/mol. The van der Waals surface area contributed by atoms with Gasteiger partial charge in [0.1, 0.15) is 22.5 Å². The number of nitrogens with zero attached hydrogens (tertiary/aromatic N) is 1. The first-order valence-corrected chi connectivity index (χ1v) is 7.44. The molecule has 0 saturated carbocycles. The second kappa shape index (κ2) is 7.10. The Kier molecular flexibility index (Phi) is 4.72. The van der Waals surface area contributed by atoms with Crippen molar-refractivity contribution < 1.29 is 13.9 Å². The van der Waals surface area contributed by atoms with Crippen molar-refractivity contribution in [2.75, 3.05) is 5.32 Å². The first kappa shape index (κ1) is 16.0. The molecule has 1 amide bonds. The van der Waals surface area contributed by atoms with E-state index in [1.807, 2.05) is 0 Å². The Morgan fingerprint density at radius 3 is 2.50 bits per heavy atom. The van der Waals surface area contributed by atoms with Gasteiger partial charge in [0.15, 0.2) is 0 Å². The number of carbonyl (C=O) groups is 1. The van der Waals surface area contributed by atoms with Crippen LogP contribution in [0.5, 0.6) is 11.5 Å². The molecule has 1 aromatic heterocycles. The summed E-state index contributed by atoms with van der Waals surface area (Å²) in [7, 11) is 0. The zero-order valence-corrected chi connectivity index (χ0v) is 13.1. The topological polar surface area (TPSA) is 51.2 Å². The molecule has 0 saturated heterocycles. The van der Waals surface area contributed by atoms with E-state index in [1.165, 1.54) is 18.3 Å². The van der Waals surface area contributed by atoms with Crippen molar-refractivity contribution in [3.05, 3.63) is 83.4 Å². The van der Waals surface area contributed by atoms with Crippen LogP contribution in [0.15, 0.2) is 66.9 Å². The number of benzene rings is 2. The van der Waals surface area contributed by atoms with Gasteiger partial charge in [-0.05, 0) is 48.5 Å². The highest BCUT2D eigenvalue weighted by atomic mass is 35.5. The van der Waals surface area contributed by atoms with E-state index in [0.29, 0.717) is 27.9 Å². The quantitative estimate of drug-likeness (QED) is 0.685. The number of rotatable bonds is 4. The Hall–Kier alpha value is -2.92. The van der Waals surface area contributed by atoms with Crippen LogP contribution in [0.4, 0.5) is 10.1 Å². The monoisotopic (exact) mass is 342 g/mol. The van der Waals surface area contributed by atoms with Gasteiger partial charge >= 0.3 is 0 Å². The molecule has 0 aliphatic rings. The highest BCUT2D eigenvalue weighted by molar-refractivity contribution is 6.29. The standard InChI is InChI=1S/C18H12ClFN2O2/c19-17-9-4-12(11-21-17)18(23)22-14-5-7-15(8-6-14)24-16-3-1-2-13(20)10-16/h1-11H,(H,22,23). The zero-order chi connectivity index (χ0) is 16.9. The molecule has 0 bridgehead atoms. The van der Waals surface area contributed by atoms with E-state index in [1.54, 1.807) is 48.5 Å². The number of pyridine rings is 1. The predicted octanol–water partition coefficient (Wildman–Crippen LogP) is 4.92. The molecule has 0 radical (unpaired) electrons. The molecule has 3 aromatic rings. The lowest BCUT2D eigenvalue weighted by molar-refractivity contribution is 0.102. The Balaban J connectivity index is 1.66. The van der Waals surface area contributed by atoms with Crippen LogP contribution < -0.4 is 10.1 Å². The largest absolute Gasteiger partial charge is 0.457 e. The summed E-state index contributed by atoms with van der Waals surface area (Å²) >= 11 is 5.69. The molecule has 0 spiro atoms. The summed E-state index contributed by atoms with van der Waals surface area (Å²) in [4.78, 5) is 15.9. The predicted molar refractivity (Wildman–Crippen MR) is 90.1 cm³/mol. The van der Waals surface area contributed by atoms with Gasteiger partial charge in [-0.3, -0.25) is 4.79 Å². The lowest BCUT2D eigenvalue weighted by Gasteiger charge is -2.08. The van der Waals surface area contributed by atoms with E-state index < -0.39 is 0 Å². The van der Waals surface area contributed by atoms with Crippen molar-refractivity contribution in [2.24, 2.45) is 0 Å². The molecule has 0 aliphatic carbocycles. The van der Waals surface area contributed by atoms with Crippen LogP contribution >= 0.6 is 11.6 Å². The summed E-state index contributed by atoms with van der Waals surface area (Å²) in [6, 6.07) is 15.7. The van der Waals surface area contributed by atoms with Crippen LogP contribution in [0.25, 0.3) is 0 Å². The van der Waals surface area contributed by atoms with Crippen molar-refractivity contribution in [1.29, 1.82) is 0 Å². The van der Waals surface area contributed by atoms with Gasteiger partial charge in [-0.15, -0.1) is 0 Å². The number of anilines is 1. The summed E-state index contributed by atoms with van der Waals surface area (Å²) in [6.07, 6.45) is 1.40. The van der Waals surface area contributed by atoms with E-state index in [4.69, 9.17) is 16.3 Å². The van der Waals surface area contributed by atoms with Gasteiger partial charge in [0.05, 0.1) is 5.56 Å². The van der Waals surface area contributed by atoms with E-state index in [0.717, 1.165) is 0 Å². The summed E-state index contributed by atoms with van der Waals surface area (Å²) in [5.41, 5.74) is 1.00. The molecule has 4 nitrogen and oxygen atoms in total. The van der Waals surface area contributed by atoms with Gasteiger partial charge in [0.25, 0.3) is 5.91 Å². The fraction of sp³-hybridized carbons (Fsp3) is 0. The maximum Gasteiger partial charge on any atom is 0.257 e. The second-order valence-corrected chi connectivity index (χ2v) is 5.29. The number of hydrogen-bond acceptors (Lipinski definition) is 3. The third-order valence-electron chi connectivity index (χ3n) is 3.13. The maximum atomic E-state index is 13.1. The molecule has 0 atom stereocenters. The molecule has 24 heavy (non-hydrogen) atoms. The van der Waals surface area contributed by atoms with E-state index in [2.05, 4.69) is 10.3 Å². The lowest BCUT2D eigenvalue weighted by atomic mass is 10.2. The van der Waals surface area contributed by atoms with Gasteiger partial charge < -0.3 is 10.1 Å². The summed E-state index contributed by atoms with van der Waals surface area (Å²) in [5.74, 6) is 0.275. The van der Waals surface area contributed by atoms with Gasteiger partial charge in [0, 0.05) is 18.0 Å². The Morgan fingerprint density at radius 1 is 1.04 bits per heavy atom. The van der Waals surface area contributed by atoms with Crippen LogP contribution in [0, 0.1) is 5.82 Å². The van der Waals surface area contributed by atoms with Crippen LogP contribution in [0.1, 0.15) is 10.4 Å². The highest BCUT2D eigenvalue weighted by Gasteiger charge is 2.07. The summed E-state index contributed by atoms with van der Waals surface area (Å²) < 4.78 is 18.7. The van der Waals surface area contributed by atoms with Crippen LogP contribution in [-0.2, 0) is 0 Å². The first-order valence-electron chi connectivity index (χ1n) is 7.06. The van der Waals surface area contributed by atoms with Crippen molar-refractivity contribution in [1.82, 2.24) is 4.98 Å². The molecule has 3 rings (SSSR count). The fourth-order valence-electron chi connectivity index (χ4n) is 1.99. The van der Waals surface area contributed by atoms with Crippen molar-refractivity contribution in [3.8, 4) is 11.5 Å². The molecule has 1 heterocycles. The number of aromatic nitrogens is 1. The maximum absolute atomic E-state index is 13.1. The highest BCUT2D eigenvalue weighted by Crippen LogP contribution is 2.23. The number of nitrogens with one attached hydrogen (secondary N) is 1.